The Hall–Kier alpha value is -4.41. The van der Waals surface area contributed by atoms with Crippen LogP contribution in [0.2, 0.25) is 0 Å². The summed E-state index contributed by atoms with van der Waals surface area (Å²) < 4.78 is 28.8. The summed E-state index contributed by atoms with van der Waals surface area (Å²) in [5.41, 5.74) is 5.37. The molecule has 0 spiro atoms. The summed E-state index contributed by atoms with van der Waals surface area (Å²) in [5, 5.41) is 5.43. The van der Waals surface area contributed by atoms with E-state index < -0.39 is 17.5 Å². The van der Waals surface area contributed by atoms with Crippen molar-refractivity contribution in [3.05, 3.63) is 112 Å². The fraction of sp³-hybridized carbons (Fsp3) is 0.219. The van der Waals surface area contributed by atoms with Crippen LogP contribution in [0.15, 0.2) is 79.0 Å². The van der Waals surface area contributed by atoms with Crippen molar-refractivity contribution in [1.82, 2.24) is 19.6 Å². The molecule has 0 saturated heterocycles. The Bertz CT molecular complexity index is 1710. The monoisotopic (exact) mass is 585 g/mol. The van der Waals surface area contributed by atoms with Crippen LogP contribution in [-0.2, 0) is 35.5 Å². The van der Waals surface area contributed by atoms with E-state index in [1.54, 1.807) is 11.3 Å². The van der Waals surface area contributed by atoms with Crippen LogP contribution in [0.5, 0.6) is 0 Å². The van der Waals surface area contributed by atoms with Gasteiger partial charge in [-0.05, 0) is 35.4 Å². The van der Waals surface area contributed by atoms with E-state index in [9.17, 15) is 18.4 Å². The zero-order chi connectivity index (χ0) is 29.1. The Labute approximate surface area is 245 Å². The third-order valence-electron chi connectivity index (χ3n) is 7.21. The molecule has 0 saturated carbocycles. The number of halogens is 2. The first-order valence-corrected chi connectivity index (χ1v) is 14.6. The van der Waals surface area contributed by atoms with Crippen LogP contribution in [-0.4, -0.2) is 39.2 Å². The van der Waals surface area contributed by atoms with Crippen molar-refractivity contribution in [3.63, 3.8) is 0 Å². The van der Waals surface area contributed by atoms with Crippen molar-refractivity contribution in [2.75, 3.05) is 18.4 Å². The molecule has 0 unspecified atom stereocenters. The number of carbonyl (C=O) groups is 2. The summed E-state index contributed by atoms with van der Waals surface area (Å²) in [5.74, 6) is -2.14. The van der Waals surface area contributed by atoms with Gasteiger partial charge in [0.2, 0.25) is 11.8 Å². The van der Waals surface area contributed by atoms with Crippen LogP contribution in [0, 0.1) is 11.6 Å². The molecule has 1 aliphatic rings. The van der Waals surface area contributed by atoms with Gasteiger partial charge in [-0.3, -0.25) is 18.9 Å². The average molecular weight is 586 g/mol. The van der Waals surface area contributed by atoms with Gasteiger partial charge in [0.05, 0.1) is 12.1 Å². The predicted octanol–water partition coefficient (Wildman–Crippen LogP) is 5.59. The maximum atomic E-state index is 13.3. The number of imidazole rings is 1. The first kappa shape index (κ1) is 27.7. The molecule has 7 nitrogen and oxygen atoms in total. The summed E-state index contributed by atoms with van der Waals surface area (Å²) in [7, 11) is 0. The van der Waals surface area contributed by atoms with E-state index in [4.69, 9.17) is 4.98 Å². The molecule has 42 heavy (non-hydrogen) atoms. The average Bonchev–Trinajstić information content (AvgIpc) is 3.51. The molecule has 6 rings (SSSR count). The second kappa shape index (κ2) is 12.2. The number of aromatic nitrogens is 2. The molecule has 1 aliphatic heterocycles. The molecule has 2 amide bonds. The van der Waals surface area contributed by atoms with Gasteiger partial charge in [-0.2, -0.15) is 0 Å². The number of nitrogens with zero attached hydrogens (tertiary/aromatic N) is 3. The summed E-state index contributed by atoms with van der Waals surface area (Å²) in [6.07, 6.45) is 2.97. The zero-order valence-corrected chi connectivity index (χ0v) is 23.6. The van der Waals surface area contributed by atoms with Crippen molar-refractivity contribution in [3.8, 4) is 11.3 Å². The molecule has 0 bridgehead atoms. The highest BCUT2D eigenvalue weighted by molar-refractivity contribution is 7.17. The van der Waals surface area contributed by atoms with E-state index in [1.165, 1.54) is 16.1 Å². The SMILES string of the molecule is O=C(Cc1cc(F)cc(F)c1)NCCC(=O)Nc1ccc(-c2cn3c4c(sc3n2)CN(Cc2ccccc2)CC4)cc1. The van der Waals surface area contributed by atoms with Crippen molar-refractivity contribution in [1.29, 1.82) is 0 Å². The number of nitrogens with one attached hydrogen (secondary N) is 2. The van der Waals surface area contributed by atoms with E-state index in [-0.39, 0.29) is 30.9 Å². The Morgan fingerprint density at radius 1 is 0.929 bits per heavy atom. The first-order valence-electron chi connectivity index (χ1n) is 13.8. The van der Waals surface area contributed by atoms with Crippen molar-refractivity contribution < 1.29 is 18.4 Å². The maximum absolute atomic E-state index is 13.3. The lowest BCUT2D eigenvalue weighted by Crippen LogP contribution is -2.29. The number of anilines is 1. The Morgan fingerprint density at radius 3 is 2.45 bits per heavy atom. The van der Waals surface area contributed by atoms with E-state index in [0.29, 0.717) is 5.69 Å². The molecular formula is C32H29F2N5O2S. The lowest BCUT2D eigenvalue weighted by atomic mass is 10.1. The minimum absolute atomic E-state index is 0.0657. The number of amides is 2. The molecule has 0 aliphatic carbocycles. The van der Waals surface area contributed by atoms with Crippen LogP contribution in [0.4, 0.5) is 14.5 Å². The van der Waals surface area contributed by atoms with E-state index >= 15 is 0 Å². The second-order valence-electron chi connectivity index (χ2n) is 10.4. The minimum atomic E-state index is -0.735. The van der Waals surface area contributed by atoms with Crippen molar-refractivity contribution in [2.45, 2.75) is 32.4 Å². The number of benzene rings is 3. The highest BCUT2D eigenvalue weighted by Crippen LogP contribution is 2.32. The van der Waals surface area contributed by atoms with Crippen molar-refractivity contribution in [2.24, 2.45) is 0 Å². The molecule has 214 valence electrons. The summed E-state index contributed by atoms with van der Waals surface area (Å²) in [6.45, 7) is 2.99. The summed E-state index contributed by atoms with van der Waals surface area (Å²) in [4.78, 5) is 34.1. The number of hydrogen-bond acceptors (Lipinski definition) is 5. The van der Waals surface area contributed by atoms with E-state index in [0.717, 1.165) is 60.5 Å². The van der Waals surface area contributed by atoms with Gasteiger partial charge in [-0.1, -0.05) is 53.8 Å². The van der Waals surface area contributed by atoms with Gasteiger partial charge in [0.15, 0.2) is 4.96 Å². The topological polar surface area (TPSA) is 78.7 Å². The van der Waals surface area contributed by atoms with Crippen LogP contribution in [0.3, 0.4) is 0 Å². The molecule has 3 heterocycles. The zero-order valence-electron chi connectivity index (χ0n) is 22.8. The predicted molar refractivity (Wildman–Crippen MR) is 159 cm³/mol. The van der Waals surface area contributed by atoms with Gasteiger partial charge in [-0.15, -0.1) is 0 Å². The molecule has 0 radical (unpaired) electrons. The van der Waals surface area contributed by atoms with Gasteiger partial charge in [0, 0.05) is 73.1 Å². The highest BCUT2D eigenvalue weighted by atomic mass is 32.1. The van der Waals surface area contributed by atoms with Gasteiger partial charge < -0.3 is 10.6 Å². The van der Waals surface area contributed by atoms with Gasteiger partial charge in [-0.25, -0.2) is 13.8 Å². The van der Waals surface area contributed by atoms with E-state index in [1.807, 2.05) is 30.3 Å². The third kappa shape index (κ3) is 6.56. The number of hydrogen-bond donors (Lipinski definition) is 2. The molecule has 3 aromatic carbocycles. The lowest BCUT2D eigenvalue weighted by Gasteiger charge is -2.26. The summed E-state index contributed by atoms with van der Waals surface area (Å²) >= 11 is 1.74. The molecule has 0 atom stereocenters. The van der Waals surface area contributed by atoms with Crippen LogP contribution in [0.1, 0.15) is 28.1 Å². The molecule has 0 fully saturated rings. The maximum Gasteiger partial charge on any atom is 0.226 e. The second-order valence-corrected chi connectivity index (χ2v) is 11.4. The summed E-state index contributed by atoms with van der Waals surface area (Å²) in [6, 6.07) is 21.0. The standard InChI is InChI=1S/C32H29F2N5O2S/c33-24-14-22(15-25(34)17-24)16-31(41)35-12-10-30(40)36-26-8-6-23(7-9-26)27-19-39-28-11-13-38(18-21-4-2-1-3-5-21)20-29(28)42-32(39)37-27/h1-9,14-15,17,19H,10-13,16,18,20H2,(H,35,41)(H,36,40). The minimum Gasteiger partial charge on any atom is -0.355 e. The van der Waals surface area contributed by atoms with Gasteiger partial charge in [0.25, 0.3) is 0 Å². The Balaban J connectivity index is 1.00. The molecular weight excluding hydrogens is 556 g/mol. The van der Waals surface area contributed by atoms with E-state index in [2.05, 4.69) is 50.4 Å². The fourth-order valence-corrected chi connectivity index (χ4v) is 6.39. The molecule has 5 aromatic rings. The first-order chi connectivity index (χ1) is 20.4. The normalized spacial score (nSPS) is 13.2. The number of thiazole rings is 1. The van der Waals surface area contributed by atoms with Crippen LogP contribution >= 0.6 is 11.3 Å². The number of rotatable bonds is 9. The quantitative estimate of drug-likeness (QED) is 0.237. The number of carbonyl (C=O) groups excluding carboxylic acids is 2. The lowest BCUT2D eigenvalue weighted by molar-refractivity contribution is -0.120. The third-order valence-corrected chi connectivity index (χ3v) is 8.29. The van der Waals surface area contributed by atoms with Gasteiger partial charge >= 0.3 is 0 Å². The van der Waals surface area contributed by atoms with Crippen molar-refractivity contribution >= 4 is 33.8 Å². The molecule has 2 N–H and O–H groups in total. The largest absolute Gasteiger partial charge is 0.355 e. The van der Waals surface area contributed by atoms with Crippen LogP contribution in [0.25, 0.3) is 16.2 Å². The smallest absolute Gasteiger partial charge is 0.226 e. The Morgan fingerprint density at radius 2 is 1.69 bits per heavy atom. The molecule has 10 heteroatoms. The highest BCUT2D eigenvalue weighted by Gasteiger charge is 2.23. The fourth-order valence-electron chi connectivity index (χ4n) is 5.20. The molecule has 2 aromatic heterocycles. The van der Waals surface area contributed by atoms with Crippen LogP contribution < -0.4 is 10.6 Å². The van der Waals surface area contributed by atoms with Gasteiger partial charge in [0.1, 0.15) is 11.6 Å². The number of fused-ring (bicyclic) bond motifs is 3. The Kier molecular flexibility index (Phi) is 8.07.